The van der Waals surface area contributed by atoms with Crippen LogP contribution in [-0.4, -0.2) is 28.7 Å². The van der Waals surface area contributed by atoms with E-state index in [9.17, 15) is 0 Å². The molecular weight excluding hydrogens is 342 g/mol. The van der Waals surface area contributed by atoms with Crippen LogP contribution in [0.15, 0.2) is 6.08 Å². The van der Waals surface area contributed by atoms with E-state index in [0.717, 1.165) is 18.4 Å². The molecule has 0 N–H and O–H groups in total. The quantitative estimate of drug-likeness (QED) is 0.542. The van der Waals surface area contributed by atoms with Crippen molar-refractivity contribution in [1.29, 1.82) is 0 Å². The molecule has 0 spiro atoms. The lowest BCUT2D eigenvalue weighted by atomic mass is 9.52. The number of fused-ring (bicyclic) bond motifs is 5. The van der Waals surface area contributed by atoms with Crippen molar-refractivity contribution in [3.63, 3.8) is 0 Å². The smallest absolute Gasteiger partial charge is 0.0561 e. The minimum absolute atomic E-state index is 0.0807. The molecule has 0 amide bonds. The first-order chi connectivity index (χ1) is 12.8. The zero-order chi connectivity index (χ0) is 20.9. The number of hydrogen-bond donors (Lipinski definition) is 0. The molecule has 1 aliphatic heterocycles. The van der Waals surface area contributed by atoms with Crippen LogP contribution in [0.5, 0.6) is 0 Å². The second-order valence-corrected chi connectivity index (χ2v) is 12.0. The molecule has 2 heterocycles. The van der Waals surface area contributed by atoms with Gasteiger partial charge in [-0.3, -0.25) is 0 Å². The normalized spacial score (nSPS) is 33.7. The Morgan fingerprint density at radius 3 is 2.07 bits per heavy atom. The maximum Gasteiger partial charge on any atom is 0.0561 e. The average molecular weight is 384 g/mol. The number of hydrogen-bond acceptors (Lipinski definition) is 2. The van der Waals surface area contributed by atoms with Gasteiger partial charge in [-0.2, -0.15) is 0 Å². The van der Waals surface area contributed by atoms with Gasteiger partial charge < -0.3 is 4.57 Å². The van der Waals surface area contributed by atoms with Crippen LogP contribution < -0.4 is 0 Å². The Balaban J connectivity index is 2.08. The third-order valence-corrected chi connectivity index (χ3v) is 7.97. The van der Waals surface area contributed by atoms with Crippen molar-refractivity contribution in [2.75, 3.05) is 14.1 Å². The Labute approximate surface area is 172 Å². The third-order valence-electron chi connectivity index (χ3n) is 7.97. The lowest BCUT2D eigenvalue weighted by Crippen LogP contribution is -2.49. The van der Waals surface area contributed by atoms with E-state index in [0.29, 0.717) is 17.9 Å². The summed E-state index contributed by atoms with van der Waals surface area (Å²) in [5.74, 6) is 2.96. The van der Waals surface area contributed by atoms with Crippen LogP contribution >= 0.6 is 0 Å². The molecular formula is C25H41N3. The number of rotatable bonds is 0. The fourth-order valence-electron chi connectivity index (χ4n) is 6.58. The summed E-state index contributed by atoms with van der Waals surface area (Å²) in [5.41, 5.74) is 8.20. The molecule has 156 valence electrons. The summed E-state index contributed by atoms with van der Waals surface area (Å²) in [6.07, 6.45) is 2.60. The van der Waals surface area contributed by atoms with Crippen LogP contribution in [0, 0.1) is 23.2 Å². The Bertz CT molecular complexity index is 829. The predicted molar refractivity (Wildman–Crippen MR) is 119 cm³/mol. The first kappa shape index (κ1) is 20.2. The van der Waals surface area contributed by atoms with Crippen LogP contribution in [0.1, 0.15) is 96.8 Å². The SMILES string of the molecule is CC1=C[C@H]2[C@@H](C)[C@@H](C)[C@H]2c2c3c(n(C(C)(C)C)c21)CN(C)N(C)C3C(C)(C)C. The molecule has 1 unspecified atom stereocenters. The molecule has 0 saturated heterocycles. The molecule has 0 bridgehead atoms. The molecule has 1 fully saturated rings. The van der Waals surface area contributed by atoms with Crippen molar-refractivity contribution in [3.05, 3.63) is 28.6 Å². The standard InChI is InChI=1S/C25H41N3/c1-14-12-17-15(2)16(3)19(17)21-20-18(28(22(14)21)25(7,8)9)13-26(10)27(11)23(20)24(4,5)6/h12,15-17,19,23H,13H2,1-11H3/t15-,16+,17-,19+,23?/m0/s1. The summed E-state index contributed by atoms with van der Waals surface area (Å²) < 4.78 is 2.71. The van der Waals surface area contributed by atoms with Crippen molar-refractivity contribution < 1.29 is 0 Å². The highest BCUT2D eigenvalue weighted by Gasteiger charge is 2.53. The molecule has 0 aromatic carbocycles. The van der Waals surface area contributed by atoms with Gasteiger partial charge in [-0.05, 0) is 73.5 Å². The number of allylic oxidation sites excluding steroid dienone is 2. The second-order valence-electron chi connectivity index (χ2n) is 12.0. The van der Waals surface area contributed by atoms with Gasteiger partial charge in [0, 0.05) is 31.0 Å². The van der Waals surface area contributed by atoms with Crippen LogP contribution in [0.4, 0.5) is 0 Å². The minimum Gasteiger partial charge on any atom is -0.338 e. The summed E-state index contributed by atoms with van der Waals surface area (Å²) in [5, 5.41) is 4.93. The van der Waals surface area contributed by atoms with E-state index in [1.807, 2.05) is 0 Å². The van der Waals surface area contributed by atoms with E-state index in [1.54, 1.807) is 16.8 Å². The van der Waals surface area contributed by atoms with E-state index in [-0.39, 0.29) is 11.0 Å². The number of aromatic nitrogens is 1. The molecule has 4 rings (SSSR count). The van der Waals surface area contributed by atoms with Crippen molar-refractivity contribution in [2.24, 2.45) is 23.2 Å². The van der Waals surface area contributed by atoms with Crippen molar-refractivity contribution in [2.45, 2.75) is 86.4 Å². The van der Waals surface area contributed by atoms with Gasteiger partial charge in [0.15, 0.2) is 0 Å². The monoisotopic (exact) mass is 383 g/mol. The summed E-state index contributed by atoms with van der Waals surface area (Å²) in [7, 11) is 4.54. The molecule has 28 heavy (non-hydrogen) atoms. The minimum atomic E-state index is 0.0807. The van der Waals surface area contributed by atoms with E-state index in [1.165, 1.54) is 11.3 Å². The number of hydrazine groups is 1. The Hall–Kier alpha value is -1.06. The first-order valence-corrected chi connectivity index (χ1v) is 11.2. The average Bonchev–Trinajstić information content (AvgIpc) is 2.88. The van der Waals surface area contributed by atoms with Gasteiger partial charge in [0.2, 0.25) is 0 Å². The molecule has 1 aromatic heterocycles. The van der Waals surface area contributed by atoms with Crippen molar-refractivity contribution >= 4 is 5.57 Å². The van der Waals surface area contributed by atoms with E-state index >= 15 is 0 Å². The van der Waals surface area contributed by atoms with Crippen LogP contribution in [0.2, 0.25) is 0 Å². The second kappa shape index (κ2) is 5.98. The lowest BCUT2D eigenvalue weighted by Gasteiger charge is -2.53. The zero-order valence-corrected chi connectivity index (χ0v) is 20.0. The van der Waals surface area contributed by atoms with Gasteiger partial charge in [0.05, 0.1) is 12.6 Å². The number of nitrogens with zero attached hydrogens (tertiary/aromatic N) is 3. The lowest BCUT2D eigenvalue weighted by molar-refractivity contribution is -0.0776. The molecule has 3 nitrogen and oxygen atoms in total. The van der Waals surface area contributed by atoms with Gasteiger partial charge in [0.1, 0.15) is 0 Å². The molecule has 1 saturated carbocycles. The van der Waals surface area contributed by atoms with Crippen molar-refractivity contribution in [3.8, 4) is 0 Å². The molecule has 3 heteroatoms. The zero-order valence-electron chi connectivity index (χ0n) is 20.0. The Morgan fingerprint density at radius 1 is 0.929 bits per heavy atom. The highest BCUT2D eigenvalue weighted by molar-refractivity contribution is 5.72. The summed E-state index contributed by atoms with van der Waals surface area (Å²) in [4.78, 5) is 0. The maximum absolute atomic E-state index is 2.71. The van der Waals surface area contributed by atoms with Crippen LogP contribution in [0.25, 0.3) is 5.57 Å². The summed E-state index contributed by atoms with van der Waals surface area (Å²) >= 11 is 0. The largest absolute Gasteiger partial charge is 0.338 e. The highest BCUT2D eigenvalue weighted by Crippen LogP contribution is 2.61. The fraction of sp³-hybridized carbons (Fsp3) is 0.760. The molecule has 3 aliphatic rings. The van der Waals surface area contributed by atoms with Gasteiger partial charge in [-0.25, -0.2) is 10.0 Å². The van der Waals surface area contributed by atoms with E-state index in [4.69, 9.17) is 0 Å². The Kier molecular flexibility index (Phi) is 4.32. The van der Waals surface area contributed by atoms with Gasteiger partial charge in [-0.1, -0.05) is 40.7 Å². The summed E-state index contributed by atoms with van der Waals surface area (Å²) in [6, 6.07) is 0.410. The molecule has 1 aromatic rings. The van der Waals surface area contributed by atoms with Crippen LogP contribution in [-0.2, 0) is 12.1 Å². The first-order valence-electron chi connectivity index (χ1n) is 11.2. The van der Waals surface area contributed by atoms with Crippen LogP contribution in [0.3, 0.4) is 0 Å². The maximum atomic E-state index is 2.71. The molecule has 2 aliphatic carbocycles. The third kappa shape index (κ3) is 2.55. The fourth-order valence-corrected chi connectivity index (χ4v) is 6.58. The van der Waals surface area contributed by atoms with Crippen molar-refractivity contribution in [1.82, 2.24) is 14.6 Å². The topological polar surface area (TPSA) is 11.4 Å². The van der Waals surface area contributed by atoms with E-state index in [2.05, 4.69) is 97.1 Å². The highest BCUT2D eigenvalue weighted by atomic mass is 15.6. The molecule has 5 atom stereocenters. The summed E-state index contributed by atoms with van der Waals surface area (Å²) in [6.45, 7) is 22.7. The van der Waals surface area contributed by atoms with E-state index < -0.39 is 0 Å². The van der Waals surface area contributed by atoms with Gasteiger partial charge >= 0.3 is 0 Å². The predicted octanol–water partition coefficient (Wildman–Crippen LogP) is 6.03. The van der Waals surface area contributed by atoms with Gasteiger partial charge in [0.25, 0.3) is 0 Å². The Morgan fingerprint density at radius 2 is 1.54 bits per heavy atom. The van der Waals surface area contributed by atoms with Gasteiger partial charge in [-0.15, -0.1) is 0 Å². The molecule has 0 radical (unpaired) electrons.